The first-order chi connectivity index (χ1) is 13.2. The number of ether oxygens (including phenoxy) is 1. The minimum Gasteiger partial charge on any atom is -0.465 e. The van der Waals surface area contributed by atoms with Gasteiger partial charge in [0.1, 0.15) is 10.6 Å². The molecule has 0 saturated heterocycles. The van der Waals surface area contributed by atoms with Crippen molar-refractivity contribution in [3.8, 4) is 0 Å². The lowest BCUT2D eigenvalue weighted by Crippen LogP contribution is -2.12. The first-order valence-electron chi connectivity index (χ1n) is 8.24. The van der Waals surface area contributed by atoms with E-state index in [9.17, 15) is 4.79 Å². The quantitative estimate of drug-likeness (QED) is 0.260. The second kappa shape index (κ2) is 9.43. The van der Waals surface area contributed by atoms with Gasteiger partial charge in [-0.25, -0.2) is 14.8 Å². The molecule has 0 bridgehead atoms. The highest BCUT2D eigenvalue weighted by atomic mass is 32.2. The van der Waals surface area contributed by atoms with Gasteiger partial charge in [0, 0.05) is 11.4 Å². The molecule has 0 saturated carbocycles. The third-order valence-electron chi connectivity index (χ3n) is 3.68. The van der Waals surface area contributed by atoms with Gasteiger partial charge in [0.2, 0.25) is 0 Å². The average molecular weight is 398 g/mol. The number of anilines is 2. The topological polar surface area (TPSA) is 64.1 Å². The van der Waals surface area contributed by atoms with Gasteiger partial charge in [-0.15, -0.1) is 11.8 Å². The van der Waals surface area contributed by atoms with Crippen molar-refractivity contribution in [2.24, 2.45) is 0 Å². The number of esters is 1. The summed E-state index contributed by atoms with van der Waals surface area (Å²) in [5.41, 5.74) is 2.34. The third-order valence-corrected chi connectivity index (χ3v) is 5.28. The summed E-state index contributed by atoms with van der Waals surface area (Å²) in [6.45, 7) is 0. The van der Waals surface area contributed by atoms with Crippen molar-refractivity contribution in [3.63, 3.8) is 0 Å². The summed E-state index contributed by atoms with van der Waals surface area (Å²) in [5.74, 6) is 0.681. The van der Waals surface area contributed by atoms with Crippen LogP contribution in [-0.2, 0) is 10.5 Å². The van der Waals surface area contributed by atoms with Crippen molar-refractivity contribution in [3.05, 3.63) is 71.8 Å². The number of nitrogens with zero attached hydrogens (tertiary/aromatic N) is 2. The predicted octanol–water partition coefficient (Wildman–Crippen LogP) is 5.02. The molecule has 7 heteroatoms. The first-order valence-corrected chi connectivity index (χ1v) is 10.5. The summed E-state index contributed by atoms with van der Waals surface area (Å²) in [7, 11) is 1.36. The monoisotopic (exact) mass is 397 g/mol. The molecule has 1 heterocycles. The Morgan fingerprint density at radius 1 is 1.04 bits per heavy atom. The van der Waals surface area contributed by atoms with E-state index < -0.39 is 5.97 Å². The molecule has 1 N–H and O–H groups in total. The van der Waals surface area contributed by atoms with Crippen LogP contribution in [0.5, 0.6) is 0 Å². The van der Waals surface area contributed by atoms with Crippen molar-refractivity contribution < 1.29 is 9.53 Å². The Balaban J connectivity index is 1.99. The van der Waals surface area contributed by atoms with Gasteiger partial charge in [-0.2, -0.15) is 0 Å². The molecule has 0 radical (unpaired) electrons. The van der Waals surface area contributed by atoms with Crippen LogP contribution in [-0.4, -0.2) is 29.3 Å². The van der Waals surface area contributed by atoms with Crippen LogP contribution in [0.15, 0.2) is 70.8 Å². The maximum absolute atomic E-state index is 12.5. The lowest BCUT2D eigenvalue weighted by molar-refractivity contribution is 0.0596. The number of methoxy groups -OCH3 is 1. The van der Waals surface area contributed by atoms with Crippen molar-refractivity contribution in [1.82, 2.24) is 9.97 Å². The molecule has 138 valence electrons. The highest BCUT2D eigenvalue weighted by molar-refractivity contribution is 7.99. The van der Waals surface area contributed by atoms with E-state index >= 15 is 0 Å². The molecule has 0 unspecified atom stereocenters. The van der Waals surface area contributed by atoms with Gasteiger partial charge in [-0.3, -0.25) is 0 Å². The zero-order valence-corrected chi connectivity index (χ0v) is 16.6. The zero-order chi connectivity index (χ0) is 19.1. The molecule has 0 atom stereocenters. The van der Waals surface area contributed by atoms with Crippen molar-refractivity contribution in [1.29, 1.82) is 0 Å². The molecule has 0 aliphatic carbocycles. The summed E-state index contributed by atoms with van der Waals surface area (Å²) in [6, 6.07) is 19.7. The highest BCUT2D eigenvalue weighted by Crippen LogP contribution is 2.32. The molecule has 0 aliphatic rings. The minimum absolute atomic E-state index is 0.347. The second-order valence-electron chi connectivity index (χ2n) is 5.50. The Labute approximate surface area is 167 Å². The standard InChI is InChI=1S/C20H19N3O2S2/c1-25-19(24)16-17(21-15-11-7-4-8-12-15)22-20(26-2)23-18(16)27-13-14-9-5-3-6-10-14/h3-12H,13H2,1-2H3,(H,21,22,23). The Kier molecular flexibility index (Phi) is 6.73. The Morgan fingerprint density at radius 3 is 2.33 bits per heavy atom. The van der Waals surface area contributed by atoms with Crippen LogP contribution >= 0.6 is 23.5 Å². The van der Waals surface area contributed by atoms with E-state index in [1.165, 1.54) is 30.6 Å². The first kappa shape index (κ1) is 19.3. The number of aromatic nitrogens is 2. The van der Waals surface area contributed by atoms with Crippen LogP contribution in [0.25, 0.3) is 0 Å². The summed E-state index contributed by atoms with van der Waals surface area (Å²) >= 11 is 2.92. The van der Waals surface area contributed by atoms with Crippen LogP contribution in [0.2, 0.25) is 0 Å². The number of rotatable bonds is 7. The molecule has 0 aliphatic heterocycles. The van der Waals surface area contributed by atoms with Gasteiger partial charge in [-0.1, -0.05) is 60.3 Å². The third kappa shape index (κ3) is 5.02. The van der Waals surface area contributed by atoms with E-state index in [0.29, 0.717) is 27.3 Å². The fourth-order valence-corrected chi connectivity index (χ4v) is 3.77. The maximum Gasteiger partial charge on any atom is 0.344 e. The van der Waals surface area contributed by atoms with E-state index in [0.717, 1.165) is 11.3 Å². The Bertz CT molecular complexity index is 906. The molecule has 0 spiro atoms. The number of benzene rings is 2. The van der Waals surface area contributed by atoms with Gasteiger partial charge in [-0.05, 0) is 24.0 Å². The number of carbonyl (C=O) groups excluding carboxylic acids is 1. The summed E-state index contributed by atoms with van der Waals surface area (Å²) in [4.78, 5) is 21.5. The maximum atomic E-state index is 12.5. The van der Waals surface area contributed by atoms with Crippen LogP contribution in [0.4, 0.5) is 11.5 Å². The van der Waals surface area contributed by atoms with Crippen molar-refractivity contribution in [2.75, 3.05) is 18.7 Å². The lowest BCUT2D eigenvalue weighted by atomic mass is 10.2. The second-order valence-corrected chi connectivity index (χ2v) is 7.23. The molecule has 5 nitrogen and oxygen atoms in total. The predicted molar refractivity (Wildman–Crippen MR) is 111 cm³/mol. The van der Waals surface area contributed by atoms with Crippen LogP contribution in [0, 0.1) is 0 Å². The minimum atomic E-state index is -0.461. The molecule has 0 amide bonds. The molecule has 3 aromatic rings. The number of para-hydroxylation sites is 1. The van der Waals surface area contributed by atoms with E-state index in [-0.39, 0.29) is 0 Å². The molecular weight excluding hydrogens is 378 g/mol. The average Bonchev–Trinajstić information content (AvgIpc) is 2.73. The fourth-order valence-electron chi connectivity index (χ4n) is 2.38. The van der Waals surface area contributed by atoms with Gasteiger partial charge in [0.15, 0.2) is 11.0 Å². The Morgan fingerprint density at radius 2 is 1.70 bits per heavy atom. The molecule has 0 fully saturated rings. The number of hydrogen-bond acceptors (Lipinski definition) is 7. The van der Waals surface area contributed by atoms with E-state index in [2.05, 4.69) is 15.3 Å². The van der Waals surface area contributed by atoms with Gasteiger partial charge in [0.25, 0.3) is 0 Å². The number of nitrogens with one attached hydrogen (secondary N) is 1. The number of carbonyl (C=O) groups is 1. The van der Waals surface area contributed by atoms with E-state index in [1.807, 2.05) is 66.9 Å². The van der Waals surface area contributed by atoms with Gasteiger partial charge >= 0.3 is 5.97 Å². The lowest BCUT2D eigenvalue weighted by Gasteiger charge is -2.14. The number of thioether (sulfide) groups is 2. The van der Waals surface area contributed by atoms with Crippen molar-refractivity contribution in [2.45, 2.75) is 15.9 Å². The summed E-state index contributed by atoms with van der Waals surface area (Å²) in [5, 5.41) is 4.42. The summed E-state index contributed by atoms with van der Waals surface area (Å²) < 4.78 is 5.00. The van der Waals surface area contributed by atoms with Crippen LogP contribution in [0.1, 0.15) is 15.9 Å². The Hall–Kier alpha value is -2.51. The van der Waals surface area contributed by atoms with Crippen molar-refractivity contribution >= 4 is 41.0 Å². The van der Waals surface area contributed by atoms with Crippen LogP contribution < -0.4 is 5.32 Å². The molecule has 27 heavy (non-hydrogen) atoms. The highest BCUT2D eigenvalue weighted by Gasteiger charge is 2.22. The largest absolute Gasteiger partial charge is 0.465 e. The number of hydrogen-bond donors (Lipinski definition) is 1. The molecule has 2 aromatic carbocycles. The SMILES string of the molecule is COC(=O)c1c(Nc2ccccc2)nc(SC)nc1SCc1ccccc1. The summed E-state index contributed by atoms with van der Waals surface area (Å²) in [6.07, 6.45) is 1.91. The molecule has 3 rings (SSSR count). The van der Waals surface area contributed by atoms with E-state index in [1.54, 1.807) is 0 Å². The van der Waals surface area contributed by atoms with E-state index in [4.69, 9.17) is 4.74 Å². The van der Waals surface area contributed by atoms with Gasteiger partial charge in [0.05, 0.1) is 7.11 Å². The molecular formula is C20H19N3O2S2. The smallest absolute Gasteiger partial charge is 0.344 e. The fraction of sp³-hybridized carbons (Fsp3) is 0.150. The normalized spacial score (nSPS) is 10.4. The zero-order valence-electron chi connectivity index (χ0n) is 15.0. The van der Waals surface area contributed by atoms with Gasteiger partial charge < -0.3 is 10.1 Å². The molecule has 1 aromatic heterocycles. The van der Waals surface area contributed by atoms with Crippen LogP contribution in [0.3, 0.4) is 0 Å².